The minimum absolute atomic E-state index is 0.430. The zero-order valence-electron chi connectivity index (χ0n) is 7.50. The Morgan fingerprint density at radius 3 is 2.57 bits per heavy atom. The SMILES string of the molecule is FC[Si](Cl)c1cccc2ccccc12. The van der Waals surface area contributed by atoms with E-state index in [4.69, 9.17) is 11.1 Å². The van der Waals surface area contributed by atoms with Gasteiger partial charge in [0.2, 0.25) is 8.11 Å². The number of benzene rings is 2. The van der Waals surface area contributed by atoms with Crippen molar-refractivity contribution in [3.05, 3.63) is 42.5 Å². The zero-order valence-corrected chi connectivity index (χ0v) is 9.26. The molecule has 0 bridgehead atoms. The molecule has 0 unspecified atom stereocenters. The highest BCUT2D eigenvalue weighted by Crippen LogP contribution is 2.12. The van der Waals surface area contributed by atoms with Crippen molar-refractivity contribution in [2.24, 2.45) is 0 Å². The van der Waals surface area contributed by atoms with Crippen LogP contribution in [0.15, 0.2) is 42.5 Å². The minimum atomic E-state index is -1.53. The monoisotopic (exact) mass is 223 g/mol. The van der Waals surface area contributed by atoms with Gasteiger partial charge < -0.3 is 0 Å². The first-order chi connectivity index (χ1) is 6.83. The first-order valence-corrected chi connectivity index (χ1v) is 7.10. The quantitative estimate of drug-likeness (QED) is 0.543. The summed E-state index contributed by atoms with van der Waals surface area (Å²) in [5, 5.41) is 3.18. The van der Waals surface area contributed by atoms with E-state index in [1.54, 1.807) is 0 Å². The molecule has 2 aromatic carbocycles. The number of alkyl halides is 1. The van der Waals surface area contributed by atoms with Crippen molar-refractivity contribution >= 4 is 35.1 Å². The van der Waals surface area contributed by atoms with E-state index >= 15 is 0 Å². The molecule has 1 radical (unpaired) electrons. The van der Waals surface area contributed by atoms with Crippen LogP contribution in [0.1, 0.15) is 0 Å². The molecular formula is C11H9ClFSi. The standard InChI is InChI=1S/C11H9ClFSi/c12-14(8-13)11-7-3-5-9-4-1-2-6-10(9)11/h1-7H,8H2. The molecular weight excluding hydrogens is 215 g/mol. The molecule has 0 aliphatic carbocycles. The third-order valence-corrected chi connectivity index (χ3v) is 4.37. The van der Waals surface area contributed by atoms with Gasteiger partial charge in [-0.25, -0.2) is 0 Å². The van der Waals surface area contributed by atoms with E-state index in [1.807, 2.05) is 42.5 Å². The molecule has 0 N–H and O–H groups in total. The summed E-state index contributed by atoms with van der Waals surface area (Å²) >= 11 is 6.00. The lowest BCUT2D eigenvalue weighted by Crippen LogP contribution is -2.27. The van der Waals surface area contributed by atoms with Crippen LogP contribution >= 0.6 is 11.1 Å². The van der Waals surface area contributed by atoms with Crippen molar-refractivity contribution < 1.29 is 4.39 Å². The van der Waals surface area contributed by atoms with Gasteiger partial charge in [-0.15, -0.1) is 0 Å². The summed E-state index contributed by atoms with van der Waals surface area (Å²) in [4.78, 5) is 0. The second kappa shape index (κ2) is 4.11. The summed E-state index contributed by atoms with van der Waals surface area (Å²) in [5.74, 6) is 0. The number of fused-ring (bicyclic) bond motifs is 1. The van der Waals surface area contributed by atoms with Gasteiger partial charge in [-0.3, -0.25) is 4.39 Å². The predicted molar refractivity (Wildman–Crippen MR) is 61.2 cm³/mol. The maximum absolute atomic E-state index is 12.5. The molecule has 0 aliphatic heterocycles. The number of rotatable bonds is 2. The van der Waals surface area contributed by atoms with Crippen LogP contribution in [0.2, 0.25) is 0 Å². The maximum atomic E-state index is 12.5. The molecule has 0 aromatic heterocycles. The molecule has 0 fully saturated rings. The van der Waals surface area contributed by atoms with E-state index in [-0.39, 0.29) is 0 Å². The summed E-state index contributed by atoms with van der Waals surface area (Å²) < 4.78 is 12.5. The summed E-state index contributed by atoms with van der Waals surface area (Å²) in [7, 11) is -1.53. The largest absolute Gasteiger partial charge is 0.253 e. The molecule has 0 heterocycles. The topological polar surface area (TPSA) is 0 Å². The first-order valence-electron chi connectivity index (χ1n) is 4.38. The van der Waals surface area contributed by atoms with Crippen molar-refractivity contribution in [2.75, 3.05) is 6.30 Å². The van der Waals surface area contributed by atoms with Gasteiger partial charge in [0.25, 0.3) is 0 Å². The average molecular weight is 224 g/mol. The fourth-order valence-electron chi connectivity index (χ4n) is 1.53. The molecule has 0 saturated heterocycles. The van der Waals surface area contributed by atoms with Crippen molar-refractivity contribution in [2.45, 2.75) is 0 Å². The lowest BCUT2D eigenvalue weighted by Gasteiger charge is -2.06. The molecule has 0 amide bonds. The van der Waals surface area contributed by atoms with Crippen molar-refractivity contribution in [1.29, 1.82) is 0 Å². The summed E-state index contributed by atoms with van der Waals surface area (Å²) in [5.41, 5.74) is 0. The van der Waals surface area contributed by atoms with E-state index in [0.717, 1.165) is 16.0 Å². The van der Waals surface area contributed by atoms with E-state index in [9.17, 15) is 4.39 Å². The summed E-state index contributed by atoms with van der Waals surface area (Å²) in [6.45, 7) is 0. The molecule has 2 aromatic rings. The van der Waals surface area contributed by atoms with E-state index in [0.29, 0.717) is 0 Å². The van der Waals surface area contributed by atoms with Crippen molar-refractivity contribution in [3.8, 4) is 0 Å². The van der Waals surface area contributed by atoms with Crippen LogP contribution in [0, 0.1) is 0 Å². The third kappa shape index (κ3) is 1.68. The summed E-state index contributed by atoms with van der Waals surface area (Å²) in [6, 6.07) is 13.8. The highest BCUT2D eigenvalue weighted by atomic mass is 35.6. The molecule has 71 valence electrons. The number of hydrogen-bond acceptors (Lipinski definition) is 0. The van der Waals surface area contributed by atoms with E-state index in [2.05, 4.69) is 0 Å². The van der Waals surface area contributed by atoms with Gasteiger partial charge >= 0.3 is 0 Å². The Bertz CT molecular complexity index is 439. The Hall–Kier alpha value is -0.863. The van der Waals surface area contributed by atoms with E-state index < -0.39 is 14.4 Å². The normalized spacial score (nSPS) is 11.1. The Morgan fingerprint density at radius 2 is 1.79 bits per heavy atom. The second-order valence-electron chi connectivity index (χ2n) is 3.07. The van der Waals surface area contributed by atoms with Crippen LogP contribution in [0.4, 0.5) is 4.39 Å². The second-order valence-corrected chi connectivity index (χ2v) is 6.05. The van der Waals surface area contributed by atoms with Gasteiger partial charge in [0.15, 0.2) is 0 Å². The Labute approximate surface area is 88.6 Å². The number of hydrogen-bond donors (Lipinski definition) is 0. The van der Waals surface area contributed by atoms with Crippen molar-refractivity contribution in [3.63, 3.8) is 0 Å². The van der Waals surface area contributed by atoms with Crippen LogP contribution in [-0.2, 0) is 0 Å². The lowest BCUT2D eigenvalue weighted by atomic mass is 10.1. The van der Waals surface area contributed by atoms with Gasteiger partial charge in [0, 0.05) is 0 Å². The molecule has 0 atom stereocenters. The van der Waals surface area contributed by atoms with Gasteiger partial charge in [-0.05, 0) is 16.0 Å². The van der Waals surface area contributed by atoms with Gasteiger partial charge in [-0.1, -0.05) is 42.5 Å². The molecule has 0 saturated carbocycles. The lowest BCUT2D eigenvalue weighted by molar-refractivity contribution is 0.594. The minimum Gasteiger partial charge on any atom is -0.253 e. The molecule has 0 aliphatic rings. The van der Waals surface area contributed by atoms with Crippen LogP contribution in [0.5, 0.6) is 0 Å². The van der Waals surface area contributed by atoms with Crippen molar-refractivity contribution in [1.82, 2.24) is 0 Å². The Kier molecular flexibility index (Phi) is 2.84. The van der Waals surface area contributed by atoms with Gasteiger partial charge in [0.05, 0.1) is 0 Å². The van der Waals surface area contributed by atoms with Crippen LogP contribution in [-0.4, -0.2) is 14.4 Å². The average Bonchev–Trinajstić information content (AvgIpc) is 2.27. The molecule has 0 nitrogen and oxygen atoms in total. The Morgan fingerprint density at radius 1 is 1.07 bits per heavy atom. The number of halogens is 2. The molecule has 0 spiro atoms. The summed E-state index contributed by atoms with van der Waals surface area (Å²) in [6.07, 6.45) is -0.430. The first kappa shape index (κ1) is 9.68. The fraction of sp³-hybridized carbons (Fsp3) is 0.0909. The van der Waals surface area contributed by atoms with Gasteiger partial charge in [0.1, 0.15) is 6.30 Å². The highest BCUT2D eigenvalue weighted by molar-refractivity contribution is 7.15. The van der Waals surface area contributed by atoms with E-state index in [1.165, 1.54) is 0 Å². The molecule has 14 heavy (non-hydrogen) atoms. The van der Waals surface area contributed by atoms with Gasteiger partial charge in [-0.2, -0.15) is 11.1 Å². The smallest absolute Gasteiger partial charge is 0.234 e. The highest BCUT2D eigenvalue weighted by Gasteiger charge is 2.13. The fourth-order valence-corrected chi connectivity index (χ4v) is 2.97. The van der Waals surface area contributed by atoms with Crippen LogP contribution in [0.25, 0.3) is 10.8 Å². The van der Waals surface area contributed by atoms with Crippen LogP contribution in [0.3, 0.4) is 0 Å². The Balaban J connectivity index is 2.65. The zero-order chi connectivity index (χ0) is 9.97. The molecule has 2 rings (SSSR count). The van der Waals surface area contributed by atoms with Crippen LogP contribution < -0.4 is 5.19 Å². The molecule has 3 heteroatoms. The maximum Gasteiger partial charge on any atom is 0.234 e. The third-order valence-electron chi connectivity index (χ3n) is 2.20. The predicted octanol–water partition coefficient (Wildman–Crippen LogP) is 2.79.